The number of aryl methyl sites for hydroxylation is 1. The van der Waals surface area contributed by atoms with Crippen LogP contribution in [0, 0.1) is 24.5 Å². The number of piperidine rings is 1. The van der Waals surface area contributed by atoms with Crippen LogP contribution in [-0.4, -0.2) is 30.4 Å². The Morgan fingerprint density at radius 2 is 2.07 bits per heavy atom. The van der Waals surface area contributed by atoms with Crippen molar-refractivity contribution in [3.63, 3.8) is 0 Å². The summed E-state index contributed by atoms with van der Waals surface area (Å²) in [6, 6.07) is 11.4. The Morgan fingerprint density at radius 3 is 2.79 bits per heavy atom. The maximum atomic E-state index is 13.6. The largest absolute Gasteiger partial charge is 0.352 e. The molecule has 1 fully saturated rings. The summed E-state index contributed by atoms with van der Waals surface area (Å²) in [6.45, 7) is 8.02. The zero-order valence-corrected chi connectivity index (χ0v) is 16.1. The fourth-order valence-electron chi connectivity index (χ4n) is 3.86. The number of nitrogens with one attached hydrogen (secondary N) is 1. The van der Waals surface area contributed by atoms with Gasteiger partial charge in [-0.3, -0.25) is 9.69 Å². The number of hydrogen-bond acceptors (Lipinski definition) is 2. The minimum atomic E-state index is -0.312. The smallest absolute Gasteiger partial charge is 0.224 e. The molecule has 1 saturated heterocycles. The summed E-state index contributed by atoms with van der Waals surface area (Å²) in [5.74, 6) is -0.599. The molecule has 1 aliphatic rings. The number of benzene rings is 2. The molecule has 2 aromatic rings. The molecular formula is C23H26F2N2O. The average Bonchev–Trinajstić information content (AvgIpc) is 2.68. The van der Waals surface area contributed by atoms with E-state index in [4.69, 9.17) is 0 Å². The zero-order valence-electron chi connectivity index (χ0n) is 16.1. The standard InChI is InChI=1S/C23H26F2N2O/c1-3-9-27-14-19(18-7-8-22(25)16(2)10-18)12-20(15-27)23(28)26-13-17-5-4-6-21(24)11-17/h3-8,10-11,19-20H,1,9,12-15H2,2H3,(H,26,28). The molecule has 0 aliphatic carbocycles. The van der Waals surface area contributed by atoms with E-state index in [1.165, 1.54) is 18.2 Å². The summed E-state index contributed by atoms with van der Waals surface area (Å²) in [4.78, 5) is 15.0. The van der Waals surface area contributed by atoms with E-state index in [1.54, 1.807) is 19.1 Å². The second kappa shape index (κ2) is 9.11. The summed E-state index contributed by atoms with van der Waals surface area (Å²) in [6.07, 6.45) is 2.54. The fourth-order valence-corrected chi connectivity index (χ4v) is 3.86. The molecule has 148 valence electrons. The first kappa shape index (κ1) is 20.2. The Bertz CT molecular complexity index is 852. The third-order valence-corrected chi connectivity index (χ3v) is 5.29. The van der Waals surface area contributed by atoms with Gasteiger partial charge in [0.2, 0.25) is 5.91 Å². The van der Waals surface area contributed by atoms with Gasteiger partial charge in [-0.1, -0.05) is 30.3 Å². The van der Waals surface area contributed by atoms with Gasteiger partial charge in [-0.15, -0.1) is 6.58 Å². The van der Waals surface area contributed by atoms with Crippen LogP contribution in [0.3, 0.4) is 0 Å². The summed E-state index contributed by atoms with van der Waals surface area (Å²) in [5.41, 5.74) is 2.40. The molecule has 5 heteroatoms. The topological polar surface area (TPSA) is 32.3 Å². The molecule has 0 radical (unpaired) electrons. The number of carbonyl (C=O) groups is 1. The van der Waals surface area contributed by atoms with Crippen molar-refractivity contribution in [3.8, 4) is 0 Å². The first-order valence-electron chi connectivity index (χ1n) is 9.57. The first-order valence-corrected chi connectivity index (χ1v) is 9.57. The van der Waals surface area contributed by atoms with Crippen LogP contribution in [0.15, 0.2) is 55.1 Å². The average molecular weight is 384 g/mol. The molecule has 1 amide bonds. The summed E-state index contributed by atoms with van der Waals surface area (Å²) < 4.78 is 27.0. The molecule has 1 aliphatic heterocycles. The molecule has 0 bridgehead atoms. The van der Waals surface area contributed by atoms with E-state index in [-0.39, 0.29) is 29.4 Å². The normalized spacial score (nSPS) is 20.0. The van der Waals surface area contributed by atoms with E-state index >= 15 is 0 Å². The van der Waals surface area contributed by atoms with Gasteiger partial charge in [-0.2, -0.15) is 0 Å². The van der Waals surface area contributed by atoms with Crippen LogP contribution in [-0.2, 0) is 11.3 Å². The third-order valence-electron chi connectivity index (χ3n) is 5.29. The van der Waals surface area contributed by atoms with E-state index in [2.05, 4.69) is 16.8 Å². The number of amides is 1. The van der Waals surface area contributed by atoms with Crippen molar-refractivity contribution >= 4 is 5.91 Å². The van der Waals surface area contributed by atoms with Gasteiger partial charge < -0.3 is 5.32 Å². The predicted molar refractivity (Wildman–Crippen MR) is 107 cm³/mol. The van der Waals surface area contributed by atoms with E-state index in [0.29, 0.717) is 31.6 Å². The number of likely N-dealkylation sites (tertiary alicyclic amines) is 1. The Balaban J connectivity index is 1.70. The SMILES string of the molecule is C=CCN1CC(C(=O)NCc2cccc(F)c2)CC(c2ccc(F)c(C)c2)C1. The number of nitrogens with zero attached hydrogens (tertiary/aromatic N) is 1. The van der Waals surface area contributed by atoms with E-state index in [9.17, 15) is 13.6 Å². The lowest BCUT2D eigenvalue weighted by atomic mass is 9.83. The summed E-state index contributed by atoms with van der Waals surface area (Å²) >= 11 is 0. The van der Waals surface area contributed by atoms with Crippen LogP contribution >= 0.6 is 0 Å². The lowest BCUT2D eigenvalue weighted by Crippen LogP contribution is -2.45. The lowest BCUT2D eigenvalue weighted by molar-refractivity contribution is -0.127. The highest BCUT2D eigenvalue weighted by atomic mass is 19.1. The van der Waals surface area contributed by atoms with Gasteiger partial charge in [0.1, 0.15) is 11.6 Å². The first-order chi connectivity index (χ1) is 13.5. The van der Waals surface area contributed by atoms with Crippen molar-refractivity contribution in [3.05, 3.63) is 83.4 Å². The molecule has 2 unspecified atom stereocenters. The van der Waals surface area contributed by atoms with Gasteiger partial charge >= 0.3 is 0 Å². The van der Waals surface area contributed by atoms with Gasteiger partial charge in [0.25, 0.3) is 0 Å². The number of carbonyl (C=O) groups excluding carboxylic acids is 1. The molecule has 0 saturated carbocycles. The minimum absolute atomic E-state index is 0.0399. The van der Waals surface area contributed by atoms with Crippen LogP contribution in [0.1, 0.15) is 29.0 Å². The Kier molecular flexibility index (Phi) is 6.57. The second-order valence-electron chi connectivity index (χ2n) is 7.49. The predicted octanol–water partition coefficient (Wildman–Crippen LogP) is 4.18. The van der Waals surface area contributed by atoms with Gasteiger partial charge in [-0.25, -0.2) is 8.78 Å². The van der Waals surface area contributed by atoms with Crippen LogP contribution in [0.25, 0.3) is 0 Å². The maximum Gasteiger partial charge on any atom is 0.224 e. The quantitative estimate of drug-likeness (QED) is 0.758. The van der Waals surface area contributed by atoms with E-state index in [0.717, 1.165) is 17.7 Å². The Labute approximate surface area is 165 Å². The van der Waals surface area contributed by atoms with Crippen molar-refractivity contribution in [1.82, 2.24) is 10.2 Å². The third kappa shape index (κ3) is 5.04. The molecule has 2 atom stereocenters. The van der Waals surface area contributed by atoms with Gasteiger partial charge in [0.15, 0.2) is 0 Å². The maximum absolute atomic E-state index is 13.6. The molecule has 2 aromatic carbocycles. The highest BCUT2D eigenvalue weighted by molar-refractivity contribution is 5.79. The summed E-state index contributed by atoms with van der Waals surface area (Å²) in [7, 11) is 0. The van der Waals surface area contributed by atoms with Crippen molar-refractivity contribution in [2.75, 3.05) is 19.6 Å². The molecule has 1 heterocycles. The van der Waals surface area contributed by atoms with Crippen molar-refractivity contribution in [1.29, 1.82) is 0 Å². The van der Waals surface area contributed by atoms with Gasteiger partial charge in [0, 0.05) is 26.2 Å². The highest BCUT2D eigenvalue weighted by Crippen LogP contribution is 2.31. The molecule has 3 nitrogen and oxygen atoms in total. The van der Waals surface area contributed by atoms with Crippen LogP contribution in [0.2, 0.25) is 0 Å². The van der Waals surface area contributed by atoms with Crippen LogP contribution < -0.4 is 5.32 Å². The van der Waals surface area contributed by atoms with Crippen LogP contribution in [0.5, 0.6) is 0 Å². The fraction of sp³-hybridized carbons (Fsp3) is 0.348. The molecule has 28 heavy (non-hydrogen) atoms. The minimum Gasteiger partial charge on any atom is -0.352 e. The van der Waals surface area contributed by atoms with Gasteiger partial charge in [0.05, 0.1) is 5.92 Å². The molecular weight excluding hydrogens is 358 g/mol. The van der Waals surface area contributed by atoms with Crippen molar-refractivity contribution < 1.29 is 13.6 Å². The Morgan fingerprint density at radius 1 is 1.25 bits per heavy atom. The summed E-state index contributed by atoms with van der Waals surface area (Å²) in [5, 5.41) is 2.93. The Hall–Kier alpha value is -2.53. The number of halogens is 2. The zero-order chi connectivity index (χ0) is 20.1. The molecule has 1 N–H and O–H groups in total. The van der Waals surface area contributed by atoms with E-state index in [1.807, 2.05) is 18.2 Å². The molecule has 0 aromatic heterocycles. The van der Waals surface area contributed by atoms with Gasteiger partial charge in [-0.05, 0) is 54.2 Å². The molecule has 0 spiro atoms. The number of hydrogen-bond donors (Lipinski definition) is 1. The number of rotatable bonds is 6. The van der Waals surface area contributed by atoms with E-state index < -0.39 is 0 Å². The lowest BCUT2D eigenvalue weighted by Gasteiger charge is -2.37. The monoisotopic (exact) mass is 384 g/mol. The molecule has 3 rings (SSSR count). The second-order valence-corrected chi connectivity index (χ2v) is 7.49. The van der Waals surface area contributed by atoms with Crippen molar-refractivity contribution in [2.24, 2.45) is 5.92 Å². The van der Waals surface area contributed by atoms with Crippen molar-refractivity contribution in [2.45, 2.75) is 25.8 Å². The van der Waals surface area contributed by atoms with Crippen LogP contribution in [0.4, 0.5) is 8.78 Å². The highest BCUT2D eigenvalue weighted by Gasteiger charge is 2.32.